The van der Waals surface area contributed by atoms with Crippen molar-refractivity contribution in [3.05, 3.63) is 28.3 Å². The molecule has 0 unspecified atom stereocenters. The third kappa shape index (κ3) is 3.91. The van der Waals surface area contributed by atoms with Crippen LogP contribution in [0.2, 0.25) is 5.02 Å². The van der Waals surface area contributed by atoms with Crippen molar-refractivity contribution in [2.24, 2.45) is 5.92 Å². The Hall–Kier alpha value is -1.75. The van der Waals surface area contributed by atoms with Crippen LogP contribution in [0.5, 0.6) is 0 Å². The molecule has 1 saturated carbocycles. The Bertz CT molecular complexity index is 566. The van der Waals surface area contributed by atoms with Gasteiger partial charge in [0.1, 0.15) is 0 Å². The highest BCUT2D eigenvalue weighted by molar-refractivity contribution is 6.30. The number of ether oxygens (including phenoxy) is 1. The molecule has 2 rings (SSSR count). The first kappa shape index (κ1) is 16.6. The second kappa shape index (κ2) is 7.01. The number of aryl methyl sites for hydroxylation is 2. The Kier molecular flexibility index (Phi) is 5.29. The van der Waals surface area contributed by atoms with Gasteiger partial charge in [-0.15, -0.1) is 0 Å². The summed E-state index contributed by atoms with van der Waals surface area (Å²) >= 11 is 5.98. The van der Waals surface area contributed by atoms with Crippen molar-refractivity contribution in [3.63, 3.8) is 0 Å². The van der Waals surface area contributed by atoms with Crippen molar-refractivity contribution >= 4 is 29.3 Å². The number of carbonyl (C=O) groups excluding carboxylic acids is 2. The van der Waals surface area contributed by atoms with Gasteiger partial charge in [-0.1, -0.05) is 11.6 Å². The molecule has 2 N–H and O–H groups in total. The predicted molar refractivity (Wildman–Crippen MR) is 86.2 cm³/mol. The molecular weight excluding hydrogens is 304 g/mol. The highest BCUT2D eigenvalue weighted by Crippen LogP contribution is 2.27. The summed E-state index contributed by atoms with van der Waals surface area (Å²) in [6, 6.07) is 3.36. The SMILES string of the molecule is COC(=O)[C@H]1CC[C@@H](NC(=O)Nc2c(C)cc(Cl)cc2C)C1. The van der Waals surface area contributed by atoms with E-state index in [1.807, 2.05) is 26.0 Å². The number of benzene rings is 1. The van der Waals surface area contributed by atoms with Crippen molar-refractivity contribution in [2.75, 3.05) is 12.4 Å². The highest BCUT2D eigenvalue weighted by atomic mass is 35.5. The summed E-state index contributed by atoms with van der Waals surface area (Å²) in [5.41, 5.74) is 2.60. The Balaban J connectivity index is 1.93. The number of halogens is 1. The van der Waals surface area contributed by atoms with Crippen LogP contribution in [0.15, 0.2) is 12.1 Å². The van der Waals surface area contributed by atoms with E-state index in [4.69, 9.17) is 16.3 Å². The van der Waals surface area contributed by atoms with E-state index in [-0.39, 0.29) is 24.0 Å². The summed E-state index contributed by atoms with van der Waals surface area (Å²) in [4.78, 5) is 23.6. The maximum atomic E-state index is 12.1. The van der Waals surface area contributed by atoms with Gasteiger partial charge in [-0.25, -0.2) is 4.79 Å². The minimum atomic E-state index is -0.260. The highest BCUT2D eigenvalue weighted by Gasteiger charge is 2.31. The maximum absolute atomic E-state index is 12.1. The quantitative estimate of drug-likeness (QED) is 0.837. The van der Waals surface area contributed by atoms with Crippen LogP contribution >= 0.6 is 11.6 Å². The zero-order valence-electron chi connectivity index (χ0n) is 13.0. The number of nitrogens with one attached hydrogen (secondary N) is 2. The Morgan fingerprint density at radius 2 is 1.86 bits per heavy atom. The summed E-state index contributed by atoms with van der Waals surface area (Å²) in [7, 11) is 1.39. The summed E-state index contributed by atoms with van der Waals surface area (Å²) < 4.78 is 4.75. The standard InChI is InChI=1S/C16H21ClN2O3/c1-9-6-12(17)7-10(2)14(9)19-16(21)18-13-5-4-11(8-13)15(20)22-3/h6-7,11,13H,4-5,8H2,1-3H3,(H2,18,19,21)/t11-,13+/m0/s1. The van der Waals surface area contributed by atoms with Crippen molar-refractivity contribution in [2.45, 2.75) is 39.2 Å². The fourth-order valence-electron chi connectivity index (χ4n) is 2.94. The number of amides is 2. The largest absolute Gasteiger partial charge is 0.469 e. The van der Waals surface area contributed by atoms with E-state index in [9.17, 15) is 9.59 Å². The van der Waals surface area contributed by atoms with E-state index >= 15 is 0 Å². The lowest BCUT2D eigenvalue weighted by atomic mass is 10.1. The van der Waals surface area contributed by atoms with Crippen LogP contribution in [0, 0.1) is 19.8 Å². The second-order valence-electron chi connectivity index (χ2n) is 5.74. The van der Waals surface area contributed by atoms with Crippen molar-refractivity contribution in [3.8, 4) is 0 Å². The second-order valence-corrected chi connectivity index (χ2v) is 6.18. The van der Waals surface area contributed by atoms with Crippen LogP contribution in [0.1, 0.15) is 30.4 Å². The van der Waals surface area contributed by atoms with Crippen LogP contribution < -0.4 is 10.6 Å². The van der Waals surface area contributed by atoms with Crippen LogP contribution in [0.25, 0.3) is 0 Å². The molecule has 22 heavy (non-hydrogen) atoms. The first-order chi connectivity index (χ1) is 10.4. The lowest BCUT2D eigenvalue weighted by Gasteiger charge is -2.16. The summed E-state index contributed by atoms with van der Waals surface area (Å²) in [5, 5.41) is 6.43. The molecule has 0 saturated heterocycles. The molecule has 1 aromatic carbocycles. The van der Waals surface area contributed by atoms with Gasteiger partial charge in [0.2, 0.25) is 0 Å². The monoisotopic (exact) mass is 324 g/mol. The molecule has 0 spiro atoms. The van der Waals surface area contributed by atoms with E-state index in [1.165, 1.54) is 7.11 Å². The zero-order chi connectivity index (χ0) is 16.3. The number of rotatable bonds is 3. The maximum Gasteiger partial charge on any atom is 0.319 e. The minimum Gasteiger partial charge on any atom is -0.469 e. The lowest BCUT2D eigenvalue weighted by molar-refractivity contribution is -0.145. The third-order valence-corrected chi connectivity index (χ3v) is 4.26. The lowest BCUT2D eigenvalue weighted by Crippen LogP contribution is -2.37. The van der Waals surface area contributed by atoms with Crippen LogP contribution in [0.3, 0.4) is 0 Å². The van der Waals surface area contributed by atoms with Gasteiger partial charge in [-0.2, -0.15) is 0 Å². The van der Waals surface area contributed by atoms with Gasteiger partial charge in [0.15, 0.2) is 0 Å². The molecule has 0 bridgehead atoms. The number of esters is 1. The van der Waals surface area contributed by atoms with E-state index < -0.39 is 0 Å². The molecule has 1 aromatic rings. The van der Waals surface area contributed by atoms with E-state index in [0.717, 1.165) is 29.7 Å². The van der Waals surface area contributed by atoms with Gasteiger partial charge >= 0.3 is 12.0 Å². The Morgan fingerprint density at radius 1 is 1.23 bits per heavy atom. The summed E-state index contributed by atoms with van der Waals surface area (Å²) in [6.07, 6.45) is 2.15. The van der Waals surface area contributed by atoms with Crippen molar-refractivity contribution in [1.29, 1.82) is 0 Å². The Morgan fingerprint density at radius 3 is 2.45 bits per heavy atom. The topological polar surface area (TPSA) is 67.4 Å². The smallest absolute Gasteiger partial charge is 0.319 e. The molecule has 0 aliphatic heterocycles. The molecule has 6 heteroatoms. The fourth-order valence-corrected chi connectivity index (χ4v) is 3.26. The van der Waals surface area contributed by atoms with Gasteiger partial charge in [-0.05, 0) is 56.4 Å². The van der Waals surface area contributed by atoms with Gasteiger partial charge < -0.3 is 15.4 Å². The molecule has 1 aliphatic carbocycles. The van der Waals surface area contributed by atoms with Crippen LogP contribution in [0.4, 0.5) is 10.5 Å². The number of anilines is 1. The zero-order valence-corrected chi connectivity index (χ0v) is 13.8. The third-order valence-electron chi connectivity index (χ3n) is 4.04. The van der Waals surface area contributed by atoms with Gasteiger partial charge in [0.25, 0.3) is 0 Å². The van der Waals surface area contributed by atoms with Crippen molar-refractivity contribution in [1.82, 2.24) is 5.32 Å². The first-order valence-electron chi connectivity index (χ1n) is 7.32. The fraction of sp³-hybridized carbons (Fsp3) is 0.500. The number of hydrogen-bond donors (Lipinski definition) is 2. The van der Waals surface area contributed by atoms with Crippen molar-refractivity contribution < 1.29 is 14.3 Å². The molecule has 0 aromatic heterocycles. The summed E-state index contributed by atoms with van der Waals surface area (Å²) in [5.74, 6) is -0.316. The molecule has 2 atom stereocenters. The number of methoxy groups -OCH3 is 1. The molecule has 1 aliphatic rings. The molecule has 0 heterocycles. The summed E-state index contributed by atoms with van der Waals surface area (Å²) in [6.45, 7) is 3.80. The number of hydrogen-bond acceptors (Lipinski definition) is 3. The van der Waals surface area contributed by atoms with Gasteiger partial charge in [0, 0.05) is 16.8 Å². The molecule has 1 fully saturated rings. The normalized spacial score (nSPS) is 20.5. The number of urea groups is 1. The number of carbonyl (C=O) groups is 2. The molecule has 2 amide bonds. The predicted octanol–water partition coefficient (Wildman–Crippen LogP) is 3.42. The average Bonchev–Trinajstić information content (AvgIpc) is 2.90. The Labute approximate surface area is 135 Å². The van der Waals surface area contributed by atoms with Gasteiger partial charge in [0.05, 0.1) is 13.0 Å². The van der Waals surface area contributed by atoms with Gasteiger partial charge in [-0.3, -0.25) is 4.79 Å². The first-order valence-corrected chi connectivity index (χ1v) is 7.70. The molecule has 120 valence electrons. The molecule has 5 nitrogen and oxygen atoms in total. The average molecular weight is 325 g/mol. The minimum absolute atomic E-state index is 0.00277. The van der Waals surface area contributed by atoms with E-state index in [2.05, 4.69) is 10.6 Å². The van der Waals surface area contributed by atoms with E-state index in [1.54, 1.807) is 0 Å². The van der Waals surface area contributed by atoms with Crippen LogP contribution in [-0.2, 0) is 9.53 Å². The van der Waals surface area contributed by atoms with E-state index in [0.29, 0.717) is 11.4 Å². The molecule has 0 radical (unpaired) electrons. The van der Waals surface area contributed by atoms with Crippen LogP contribution in [-0.4, -0.2) is 25.2 Å². The molecular formula is C16H21ClN2O3.